The predicted octanol–water partition coefficient (Wildman–Crippen LogP) is 0.0668. The number of likely N-dealkylation sites (N-methyl/N-ethyl adjacent to an activating group) is 1. The third-order valence-corrected chi connectivity index (χ3v) is 2.96. The Morgan fingerprint density at radius 2 is 1.94 bits per heavy atom. The Hall–Kier alpha value is -1.10. The summed E-state index contributed by atoms with van der Waals surface area (Å²) in [6, 6.07) is 0. The lowest BCUT2D eigenvalue weighted by Gasteiger charge is -2.21. The molecule has 1 aliphatic rings. The number of rotatable bonds is 6. The molecule has 0 aromatic heterocycles. The normalized spacial score (nSPS) is 15.1. The fourth-order valence-electron chi connectivity index (χ4n) is 1.86. The maximum Gasteiger partial charge on any atom is 0.242 e. The summed E-state index contributed by atoms with van der Waals surface area (Å²) in [6.45, 7) is 5.09. The van der Waals surface area contributed by atoms with E-state index in [9.17, 15) is 9.59 Å². The average molecular weight is 241 g/mol. The first-order valence-electron chi connectivity index (χ1n) is 6.37. The van der Waals surface area contributed by atoms with E-state index < -0.39 is 0 Å². The average Bonchev–Trinajstić information content (AvgIpc) is 2.82. The van der Waals surface area contributed by atoms with Crippen LogP contribution in [0.15, 0.2) is 0 Å². The van der Waals surface area contributed by atoms with E-state index in [-0.39, 0.29) is 18.4 Å². The Balaban J connectivity index is 2.24. The molecule has 0 spiro atoms. The monoisotopic (exact) mass is 241 g/mol. The van der Waals surface area contributed by atoms with Crippen LogP contribution in [0.3, 0.4) is 0 Å². The largest absolute Gasteiger partial charge is 0.341 e. The van der Waals surface area contributed by atoms with Gasteiger partial charge in [-0.2, -0.15) is 0 Å². The van der Waals surface area contributed by atoms with Crippen molar-refractivity contribution < 1.29 is 9.59 Å². The van der Waals surface area contributed by atoms with E-state index in [1.807, 2.05) is 4.90 Å². The van der Waals surface area contributed by atoms with Crippen molar-refractivity contribution in [3.8, 4) is 0 Å². The van der Waals surface area contributed by atoms with Crippen LogP contribution in [0, 0.1) is 0 Å². The molecule has 2 amide bonds. The molecular weight excluding hydrogens is 218 g/mol. The molecule has 0 bridgehead atoms. The van der Waals surface area contributed by atoms with Crippen molar-refractivity contribution >= 4 is 11.8 Å². The van der Waals surface area contributed by atoms with Gasteiger partial charge in [0.25, 0.3) is 0 Å². The first-order valence-corrected chi connectivity index (χ1v) is 6.37. The van der Waals surface area contributed by atoms with Crippen molar-refractivity contribution in [1.29, 1.82) is 0 Å². The maximum atomic E-state index is 11.8. The van der Waals surface area contributed by atoms with Gasteiger partial charge in [-0.3, -0.25) is 9.59 Å². The number of nitrogens with zero attached hydrogens (tertiary/aromatic N) is 2. The van der Waals surface area contributed by atoms with Crippen molar-refractivity contribution in [1.82, 2.24) is 15.1 Å². The number of carbonyl (C=O) groups is 2. The highest BCUT2D eigenvalue weighted by Gasteiger charge is 2.20. The predicted molar refractivity (Wildman–Crippen MR) is 66.6 cm³/mol. The summed E-state index contributed by atoms with van der Waals surface area (Å²) < 4.78 is 0. The number of hydrogen-bond acceptors (Lipinski definition) is 3. The smallest absolute Gasteiger partial charge is 0.242 e. The molecule has 1 aliphatic heterocycles. The molecule has 0 aromatic rings. The van der Waals surface area contributed by atoms with E-state index in [1.54, 1.807) is 7.05 Å². The molecule has 5 heteroatoms. The Kier molecular flexibility index (Phi) is 5.97. The van der Waals surface area contributed by atoms with Gasteiger partial charge in [-0.1, -0.05) is 6.92 Å². The second-order valence-corrected chi connectivity index (χ2v) is 4.51. The lowest BCUT2D eigenvalue weighted by atomic mass is 10.4. The van der Waals surface area contributed by atoms with Crippen LogP contribution in [0.4, 0.5) is 0 Å². The molecule has 0 saturated carbocycles. The third kappa shape index (κ3) is 4.73. The van der Waals surface area contributed by atoms with Crippen LogP contribution >= 0.6 is 0 Å². The van der Waals surface area contributed by atoms with E-state index in [0.717, 1.165) is 38.9 Å². The molecule has 1 N–H and O–H groups in total. The number of hydrogen-bond donors (Lipinski definition) is 1. The lowest BCUT2D eigenvalue weighted by molar-refractivity contribution is -0.138. The quantitative estimate of drug-likeness (QED) is 0.669. The molecule has 1 saturated heterocycles. The number of amides is 2. The topological polar surface area (TPSA) is 52.7 Å². The highest BCUT2D eigenvalue weighted by Crippen LogP contribution is 2.07. The molecule has 0 aliphatic carbocycles. The first kappa shape index (κ1) is 14.0. The first-order chi connectivity index (χ1) is 8.15. The molecule has 0 radical (unpaired) electrons. The van der Waals surface area contributed by atoms with Crippen LogP contribution in [0.25, 0.3) is 0 Å². The minimum absolute atomic E-state index is 0.0222. The van der Waals surface area contributed by atoms with Gasteiger partial charge < -0.3 is 15.1 Å². The van der Waals surface area contributed by atoms with Crippen LogP contribution in [0.2, 0.25) is 0 Å². The molecule has 1 heterocycles. The summed E-state index contributed by atoms with van der Waals surface area (Å²) in [7, 11) is 1.68. The highest BCUT2D eigenvalue weighted by molar-refractivity contribution is 5.85. The number of nitrogens with one attached hydrogen (secondary N) is 1. The van der Waals surface area contributed by atoms with Gasteiger partial charge in [0, 0.05) is 20.1 Å². The van der Waals surface area contributed by atoms with E-state index in [2.05, 4.69) is 12.2 Å². The summed E-state index contributed by atoms with van der Waals surface area (Å²) in [5.41, 5.74) is 0. The van der Waals surface area contributed by atoms with Crippen molar-refractivity contribution in [2.75, 3.05) is 39.8 Å². The van der Waals surface area contributed by atoms with Gasteiger partial charge in [-0.15, -0.1) is 0 Å². The van der Waals surface area contributed by atoms with Gasteiger partial charge in [-0.05, 0) is 25.8 Å². The minimum atomic E-state index is -0.0222. The summed E-state index contributed by atoms with van der Waals surface area (Å²) in [6.07, 6.45) is 3.17. The zero-order valence-corrected chi connectivity index (χ0v) is 10.9. The van der Waals surface area contributed by atoms with Crippen molar-refractivity contribution in [3.05, 3.63) is 0 Å². The molecule has 0 unspecified atom stereocenters. The van der Waals surface area contributed by atoms with Gasteiger partial charge in [0.1, 0.15) is 0 Å². The lowest BCUT2D eigenvalue weighted by Crippen LogP contribution is -2.43. The van der Waals surface area contributed by atoms with E-state index in [0.29, 0.717) is 6.54 Å². The zero-order valence-electron chi connectivity index (χ0n) is 10.9. The van der Waals surface area contributed by atoms with Crippen molar-refractivity contribution in [3.63, 3.8) is 0 Å². The Bertz CT molecular complexity index is 262. The van der Waals surface area contributed by atoms with Crippen LogP contribution < -0.4 is 5.32 Å². The fraction of sp³-hybridized carbons (Fsp3) is 0.833. The third-order valence-electron chi connectivity index (χ3n) is 2.96. The Labute approximate surface area is 103 Å². The molecule has 98 valence electrons. The molecule has 17 heavy (non-hydrogen) atoms. The summed E-state index contributed by atoms with van der Waals surface area (Å²) in [5.74, 6) is 0.0415. The van der Waals surface area contributed by atoms with Crippen molar-refractivity contribution in [2.24, 2.45) is 0 Å². The van der Waals surface area contributed by atoms with E-state index >= 15 is 0 Å². The molecule has 1 rings (SSSR count). The van der Waals surface area contributed by atoms with Gasteiger partial charge >= 0.3 is 0 Å². The summed E-state index contributed by atoms with van der Waals surface area (Å²) in [4.78, 5) is 26.8. The van der Waals surface area contributed by atoms with Crippen LogP contribution in [0.5, 0.6) is 0 Å². The van der Waals surface area contributed by atoms with Gasteiger partial charge in [0.15, 0.2) is 0 Å². The van der Waals surface area contributed by atoms with E-state index in [4.69, 9.17) is 0 Å². The van der Waals surface area contributed by atoms with Crippen LogP contribution in [0.1, 0.15) is 26.2 Å². The van der Waals surface area contributed by atoms with Gasteiger partial charge in [0.2, 0.25) is 11.8 Å². The standard InChI is InChI=1S/C12H23N3O2/c1-3-6-13-9-11(16)14(2)10-12(17)15-7-4-5-8-15/h13H,3-10H2,1-2H3. The second-order valence-electron chi connectivity index (χ2n) is 4.51. The second kappa shape index (κ2) is 7.27. The Morgan fingerprint density at radius 1 is 1.29 bits per heavy atom. The van der Waals surface area contributed by atoms with Crippen LogP contribution in [-0.4, -0.2) is 61.4 Å². The maximum absolute atomic E-state index is 11.8. The fourth-order valence-corrected chi connectivity index (χ4v) is 1.86. The number of likely N-dealkylation sites (tertiary alicyclic amines) is 1. The minimum Gasteiger partial charge on any atom is -0.341 e. The van der Waals surface area contributed by atoms with Crippen molar-refractivity contribution in [2.45, 2.75) is 26.2 Å². The van der Waals surface area contributed by atoms with E-state index in [1.165, 1.54) is 4.90 Å². The number of carbonyl (C=O) groups excluding carboxylic acids is 2. The molecule has 1 fully saturated rings. The zero-order chi connectivity index (χ0) is 12.7. The highest BCUT2D eigenvalue weighted by atomic mass is 16.2. The molecule has 0 atom stereocenters. The van der Waals surface area contributed by atoms with Gasteiger partial charge in [-0.25, -0.2) is 0 Å². The summed E-state index contributed by atoms with van der Waals surface area (Å²) in [5, 5.41) is 3.04. The molecule has 0 aromatic carbocycles. The molecule has 5 nitrogen and oxygen atoms in total. The van der Waals surface area contributed by atoms with Crippen LogP contribution in [-0.2, 0) is 9.59 Å². The SMILES string of the molecule is CCCNCC(=O)N(C)CC(=O)N1CCCC1. The van der Waals surface area contributed by atoms with Gasteiger partial charge in [0.05, 0.1) is 13.1 Å². The Morgan fingerprint density at radius 3 is 2.53 bits per heavy atom. The summed E-state index contributed by atoms with van der Waals surface area (Å²) >= 11 is 0. The molecular formula is C12H23N3O2.